The summed E-state index contributed by atoms with van der Waals surface area (Å²) in [5.74, 6) is 0.00683. The normalized spacial score (nSPS) is 11.9. The van der Waals surface area contributed by atoms with Crippen molar-refractivity contribution in [1.29, 1.82) is 5.26 Å². The molecule has 0 aliphatic heterocycles. The highest BCUT2D eigenvalue weighted by Crippen LogP contribution is 2.42. The second kappa shape index (κ2) is 11.2. The number of benzene rings is 9. The molecule has 0 amide bonds. The average molecular weight is 711 g/mol. The molecule has 0 aliphatic rings. The van der Waals surface area contributed by atoms with Gasteiger partial charge in [0.15, 0.2) is 11.2 Å². The van der Waals surface area contributed by atoms with Gasteiger partial charge in [-0.3, -0.25) is 0 Å². The molecule has 0 fully saturated rings. The van der Waals surface area contributed by atoms with E-state index >= 15 is 0 Å². The van der Waals surface area contributed by atoms with Gasteiger partial charge in [-0.1, -0.05) is 116 Å². The summed E-state index contributed by atoms with van der Waals surface area (Å²) in [4.78, 5) is 13.2. The van der Waals surface area contributed by atoms with Crippen LogP contribution in [0.3, 0.4) is 0 Å². The highest BCUT2D eigenvalue weighted by molar-refractivity contribution is 6.25. The molecule has 56 heavy (non-hydrogen) atoms. The molecule has 0 N–H and O–H groups in total. The van der Waals surface area contributed by atoms with E-state index in [1.165, 1.54) is 43.1 Å². The Balaban J connectivity index is 1.24. The van der Waals surface area contributed by atoms with Gasteiger partial charge in [0.1, 0.15) is 11.6 Å². The van der Waals surface area contributed by atoms with E-state index in [1.54, 1.807) is 0 Å². The van der Waals surface area contributed by atoms with Crippen molar-refractivity contribution in [2.75, 3.05) is 0 Å². The van der Waals surface area contributed by atoms with Gasteiger partial charge in [-0.2, -0.15) is 5.26 Å². The van der Waals surface area contributed by atoms with Crippen LogP contribution < -0.4 is 0 Å². The number of para-hydroxylation sites is 2. The van der Waals surface area contributed by atoms with Gasteiger partial charge in [0.2, 0.25) is 0 Å². The second-order valence-corrected chi connectivity index (χ2v) is 14.3. The van der Waals surface area contributed by atoms with Crippen molar-refractivity contribution in [3.63, 3.8) is 0 Å². The van der Waals surface area contributed by atoms with Gasteiger partial charge in [-0.25, -0.2) is 4.98 Å². The average Bonchev–Trinajstić information content (AvgIpc) is 3.79. The lowest BCUT2D eigenvalue weighted by molar-refractivity contribution is 1.19. The van der Waals surface area contributed by atoms with Crippen LogP contribution in [0.1, 0.15) is 5.69 Å². The fourth-order valence-electron chi connectivity index (χ4n) is 9.15. The standard InChI is InChI=1S/C50H26N6/c1-52-50-43(28-51)53-46-37-24-20-31(55-44-16-8-6-14-35(44)39-22-18-29-10-2-4-12-33(29)48(39)55)26-41(37)42-27-32(21-25-38(42)47(46)54-50)56-45-17-9-7-15-36(45)40-23-19-30-11-3-5-13-34(30)49(40)56/h2-27H. The Morgan fingerprint density at radius 3 is 1.39 bits per heavy atom. The van der Waals surface area contributed by atoms with Crippen LogP contribution in [0.5, 0.6) is 0 Å². The van der Waals surface area contributed by atoms with Gasteiger partial charge in [0.25, 0.3) is 0 Å². The van der Waals surface area contributed by atoms with Crippen LogP contribution in [-0.2, 0) is 0 Å². The van der Waals surface area contributed by atoms with Gasteiger partial charge in [0.05, 0.1) is 22.1 Å². The van der Waals surface area contributed by atoms with Crippen LogP contribution in [0, 0.1) is 17.9 Å². The lowest BCUT2D eigenvalue weighted by Crippen LogP contribution is -1.98. The summed E-state index contributed by atoms with van der Waals surface area (Å²) in [5, 5.41) is 23.2. The number of fused-ring (bicyclic) bond motifs is 16. The van der Waals surface area contributed by atoms with Crippen molar-refractivity contribution in [2.24, 2.45) is 0 Å². The molecule has 6 nitrogen and oxygen atoms in total. The topological polar surface area (TPSA) is 63.8 Å². The molecular weight excluding hydrogens is 685 g/mol. The maximum Gasteiger partial charge on any atom is 0.307 e. The van der Waals surface area contributed by atoms with Crippen molar-refractivity contribution in [2.45, 2.75) is 0 Å². The zero-order valence-electron chi connectivity index (χ0n) is 29.7. The summed E-state index contributed by atoms with van der Waals surface area (Å²) in [6.45, 7) is 7.84. The summed E-state index contributed by atoms with van der Waals surface area (Å²) in [5.41, 5.74) is 7.81. The number of rotatable bonds is 2. The summed E-state index contributed by atoms with van der Waals surface area (Å²) < 4.78 is 4.75. The van der Waals surface area contributed by atoms with E-state index in [-0.39, 0.29) is 11.5 Å². The first-order chi connectivity index (χ1) is 27.7. The number of hydrogen-bond donors (Lipinski definition) is 0. The third kappa shape index (κ3) is 4.02. The molecule has 0 radical (unpaired) electrons. The SMILES string of the molecule is [C-]#[N+]c1nc2c3ccc(-n4c5ccccc5c5ccc6ccccc6c54)cc3c3cc(-n4c5ccccc5c5ccc6ccccc6c54)ccc3c2nc1C#N. The summed E-state index contributed by atoms with van der Waals surface area (Å²) in [6, 6.07) is 58.3. The zero-order chi connectivity index (χ0) is 37.1. The van der Waals surface area contributed by atoms with Crippen molar-refractivity contribution in [3.05, 3.63) is 175 Å². The van der Waals surface area contributed by atoms with Gasteiger partial charge in [0, 0.05) is 54.5 Å². The first-order valence-corrected chi connectivity index (χ1v) is 18.5. The maximum absolute atomic E-state index is 10.0. The van der Waals surface area contributed by atoms with Crippen molar-refractivity contribution in [1.82, 2.24) is 19.1 Å². The maximum atomic E-state index is 10.0. The molecule has 0 atom stereocenters. The van der Waals surface area contributed by atoms with E-state index in [0.29, 0.717) is 11.0 Å². The molecule has 6 heteroatoms. The van der Waals surface area contributed by atoms with E-state index < -0.39 is 0 Å². The van der Waals surface area contributed by atoms with Crippen LogP contribution >= 0.6 is 0 Å². The predicted molar refractivity (Wildman–Crippen MR) is 229 cm³/mol. The molecule has 0 spiro atoms. The minimum atomic E-state index is 0.00683. The monoisotopic (exact) mass is 710 g/mol. The third-order valence-corrected chi connectivity index (χ3v) is 11.5. The van der Waals surface area contributed by atoms with Crippen LogP contribution in [0.4, 0.5) is 5.82 Å². The first kappa shape index (κ1) is 30.4. The summed E-state index contributed by atoms with van der Waals surface area (Å²) >= 11 is 0. The predicted octanol–water partition coefficient (Wildman–Crippen LogP) is 12.9. The number of aromatic nitrogens is 4. The Morgan fingerprint density at radius 1 is 0.446 bits per heavy atom. The summed E-state index contributed by atoms with van der Waals surface area (Å²) in [6.07, 6.45) is 0. The van der Waals surface area contributed by atoms with E-state index in [9.17, 15) is 5.26 Å². The van der Waals surface area contributed by atoms with Crippen molar-refractivity contribution < 1.29 is 0 Å². The molecule has 12 aromatic rings. The highest BCUT2D eigenvalue weighted by atomic mass is 15.0. The Labute approximate surface area is 319 Å². The lowest BCUT2D eigenvalue weighted by Gasteiger charge is -2.15. The van der Waals surface area contributed by atoms with Gasteiger partial charge in [-0.05, 0) is 70.1 Å². The third-order valence-electron chi connectivity index (χ3n) is 11.5. The van der Waals surface area contributed by atoms with E-state index in [4.69, 9.17) is 16.5 Å². The minimum Gasteiger partial charge on any atom is -0.358 e. The van der Waals surface area contributed by atoms with Crippen LogP contribution in [-0.4, -0.2) is 19.1 Å². The minimum absolute atomic E-state index is 0.00683. The van der Waals surface area contributed by atoms with Gasteiger partial charge in [-0.15, -0.1) is 4.98 Å². The van der Waals surface area contributed by atoms with Crippen molar-refractivity contribution >= 4 is 104 Å². The molecule has 0 bridgehead atoms. The second-order valence-electron chi connectivity index (χ2n) is 14.3. The van der Waals surface area contributed by atoms with Crippen molar-refractivity contribution in [3.8, 4) is 17.4 Å². The molecule has 3 heterocycles. The van der Waals surface area contributed by atoms with Gasteiger partial charge >= 0.3 is 5.82 Å². The molecule has 256 valence electrons. The van der Waals surface area contributed by atoms with E-state index in [2.05, 4.69) is 178 Å². The first-order valence-electron chi connectivity index (χ1n) is 18.5. The lowest BCUT2D eigenvalue weighted by atomic mass is 9.98. The number of hydrogen-bond acceptors (Lipinski definition) is 3. The van der Waals surface area contributed by atoms with Crippen LogP contribution in [0.25, 0.3) is 114 Å². The number of nitriles is 1. The molecule has 0 saturated heterocycles. The molecular formula is C50H26N6. The Morgan fingerprint density at radius 2 is 0.893 bits per heavy atom. The molecule has 0 unspecified atom stereocenters. The van der Waals surface area contributed by atoms with Crippen LogP contribution in [0.15, 0.2) is 158 Å². The number of nitrogens with zero attached hydrogens (tertiary/aromatic N) is 6. The Kier molecular flexibility index (Phi) is 6.10. The molecule has 0 aliphatic carbocycles. The quantitative estimate of drug-likeness (QED) is 0.132. The van der Waals surface area contributed by atoms with E-state index in [0.717, 1.165) is 55.0 Å². The molecule has 3 aromatic heterocycles. The smallest absolute Gasteiger partial charge is 0.307 e. The molecule has 0 saturated carbocycles. The fraction of sp³-hybridized carbons (Fsp3) is 0. The molecule has 12 rings (SSSR count). The summed E-state index contributed by atoms with van der Waals surface area (Å²) in [7, 11) is 0. The van der Waals surface area contributed by atoms with Crippen LogP contribution in [0.2, 0.25) is 0 Å². The van der Waals surface area contributed by atoms with Gasteiger partial charge < -0.3 is 14.0 Å². The van der Waals surface area contributed by atoms with E-state index in [1.807, 2.05) is 0 Å². The molecule has 9 aromatic carbocycles. The largest absolute Gasteiger partial charge is 0.358 e. The zero-order valence-corrected chi connectivity index (χ0v) is 29.7. The highest BCUT2D eigenvalue weighted by Gasteiger charge is 2.22. The Hall–Kier alpha value is -8.06. The Bertz CT molecular complexity index is 3550. The fourth-order valence-corrected chi connectivity index (χ4v) is 9.15.